The molecule has 23 heavy (non-hydrogen) atoms. The summed E-state index contributed by atoms with van der Waals surface area (Å²) in [5.41, 5.74) is 8.00. The zero-order chi connectivity index (χ0) is 12.9. The number of hydrogen-bond acceptors (Lipinski definition) is 0. The monoisotopic (exact) mass is 543 g/mol. The van der Waals surface area contributed by atoms with E-state index < -0.39 is 0 Å². The van der Waals surface area contributed by atoms with Crippen LogP contribution in [0.4, 0.5) is 0 Å². The van der Waals surface area contributed by atoms with Crippen LogP contribution < -0.4 is 0 Å². The van der Waals surface area contributed by atoms with Gasteiger partial charge in [-0.1, -0.05) is 48.5 Å². The molecule has 1 aromatic rings. The third-order valence-corrected chi connectivity index (χ3v) is 3.12. The molecule has 0 saturated heterocycles. The fraction of sp³-hybridized carbons (Fsp3) is 0.400. The van der Waals surface area contributed by atoms with Crippen molar-refractivity contribution in [2.75, 3.05) is 0 Å². The van der Waals surface area contributed by atoms with Crippen LogP contribution in [0.1, 0.15) is 48.6 Å². The molecule has 0 aliphatic heterocycles. The normalized spacial score (nSPS) is 6.43. The van der Waals surface area contributed by atoms with Crippen LogP contribution in [0.25, 0.3) is 0 Å². The van der Waals surface area contributed by atoms with Crippen molar-refractivity contribution in [1.82, 2.24) is 0 Å². The number of rotatable bonds is 0. The summed E-state index contributed by atoms with van der Waals surface area (Å²) in [5, 5.41) is 0. The largest absolute Gasteiger partial charge is 0.501 e. The van der Waals surface area contributed by atoms with E-state index in [1.165, 1.54) is 33.4 Å². The van der Waals surface area contributed by atoms with Crippen LogP contribution in [-0.4, -0.2) is 0 Å². The van der Waals surface area contributed by atoms with E-state index in [4.69, 9.17) is 0 Å². The van der Waals surface area contributed by atoms with E-state index in [2.05, 4.69) is 46.8 Å². The molecule has 1 aromatic carbocycles. The molecule has 0 bridgehead atoms. The third-order valence-electron chi connectivity index (χ3n) is 3.12. The smallest absolute Gasteiger partial charge is 0 e. The van der Waals surface area contributed by atoms with Gasteiger partial charge in [0.05, 0.1) is 0 Å². The predicted molar refractivity (Wildman–Crippen MR) is 98.4 cm³/mol. The Morgan fingerprint density at radius 3 is 1.04 bits per heavy atom. The van der Waals surface area contributed by atoms with Crippen molar-refractivity contribution in [2.24, 2.45) is 0 Å². The van der Waals surface area contributed by atoms with Crippen molar-refractivity contribution in [1.29, 1.82) is 0 Å². The summed E-state index contributed by atoms with van der Waals surface area (Å²) >= 11 is 0. The molecule has 0 saturated carbocycles. The first-order valence-corrected chi connectivity index (χ1v) is 5.75. The molecule has 0 atom stereocenters. The van der Waals surface area contributed by atoms with E-state index >= 15 is 0 Å². The van der Waals surface area contributed by atoms with E-state index in [1.807, 2.05) is 20.8 Å². The molecule has 3 heteroatoms. The molecular formula is C20H36Y3-6. The fourth-order valence-electron chi connectivity index (χ4n) is 1.31. The number of allylic oxidation sites excluding steroid dienone is 2. The van der Waals surface area contributed by atoms with Crippen molar-refractivity contribution < 1.29 is 98.1 Å². The maximum Gasteiger partial charge on any atom is 0 e. The van der Waals surface area contributed by atoms with Gasteiger partial charge in [0.15, 0.2) is 0 Å². The summed E-state index contributed by atoms with van der Waals surface area (Å²) in [6.45, 7) is 16.7. The first-order chi connectivity index (χ1) is 7.31. The van der Waals surface area contributed by atoms with Crippen molar-refractivity contribution in [3.05, 3.63) is 75.2 Å². The molecular weight excluding hydrogens is 507 g/mol. The van der Waals surface area contributed by atoms with Gasteiger partial charge in [-0.3, -0.25) is 5.57 Å². The Morgan fingerprint density at radius 1 is 0.652 bits per heavy atom. The van der Waals surface area contributed by atoms with Gasteiger partial charge in [0.1, 0.15) is 0 Å². The van der Waals surface area contributed by atoms with E-state index in [1.54, 1.807) is 0 Å². The number of hydrogen-bond donors (Lipinski definition) is 0. The molecule has 1 rings (SSSR count). The average Bonchev–Trinajstić information content (AvgIpc) is 2.24. The summed E-state index contributed by atoms with van der Waals surface area (Å²) in [6, 6.07) is 3.35. The second-order valence-electron chi connectivity index (χ2n) is 4.50. The van der Waals surface area contributed by atoms with Gasteiger partial charge >= 0.3 is 0 Å². The number of aryl methyl sites for hydroxylation is 2. The zero-order valence-corrected chi connectivity index (χ0v) is 26.2. The number of benzene rings is 1. The Morgan fingerprint density at radius 2 is 0.870 bits per heavy atom. The Labute approximate surface area is 225 Å². The molecule has 0 spiro atoms. The Bertz CT molecular complexity index is 364. The SMILES string of the molecule is C[C-]=C(C)C.Cc1[c-]c(C)c(C)c(C)c1C.[CH3-].[CH3-].[CH3-].[CH3-].[Y].[Y].[Y]. The second-order valence-corrected chi connectivity index (χ2v) is 4.50. The molecule has 0 unspecified atom stereocenters. The molecule has 0 N–H and O–H groups in total. The summed E-state index contributed by atoms with van der Waals surface area (Å²) in [7, 11) is 0. The van der Waals surface area contributed by atoms with Gasteiger partial charge in [0.2, 0.25) is 0 Å². The van der Waals surface area contributed by atoms with Gasteiger partial charge in [0, 0.05) is 98.1 Å². The van der Waals surface area contributed by atoms with Crippen molar-refractivity contribution in [3.8, 4) is 0 Å². The summed E-state index contributed by atoms with van der Waals surface area (Å²) in [6.07, 6.45) is 2.94. The Kier molecular flexibility index (Phi) is 57.5. The van der Waals surface area contributed by atoms with Crippen LogP contribution >= 0.6 is 0 Å². The standard InChI is InChI=1S/C11H15.C5H9.4CH3.3Y/c1-7-6-8(2)10(4)11(5)9(7)3;1-4-5(2)3;;;;;;;/h1-5H3;1-3H3;4*1H3;;;/q6*-1;;;. The van der Waals surface area contributed by atoms with Crippen molar-refractivity contribution in [3.63, 3.8) is 0 Å². The quantitative estimate of drug-likeness (QED) is 0.324. The van der Waals surface area contributed by atoms with Crippen LogP contribution in [0.5, 0.6) is 0 Å². The maximum absolute atomic E-state index is 3.35. The summed E-state index contributed by atoms with van der Waals surface area (Å²) < 4.78 is 0. The zero-order valence-electron chi connectivity index (χ0n) is 17.7. The van der Waals surface area contributed by atoms with E-state index in [0.29, 0.717) is 0 Å². The molecule has 0 aromatic heterocycles. The third kappa shape index (κ3) is 20.4. The Hall–Kier alpha value is 2.27. The summed E-state index contributed by atoms with van der Waals surface area (Å²) in [4.78, 5) is 0. The molecule has 0 amide bonds. The first-order valence-electron chi connectivity index (χ1n) is 5.75. The van der Waals surface area contributed by atoms with Gasteiger partial charge < -0.3 is 35.8 Å². The molecule has 0 aliphatic rings. The van der Waals surface area contributed by atoms with Gasteiger partial charge in [0.25, 0.3) is 0 Å². The van der Waals surface area contributed by atoms with Crippen molar-refractivity contribution >= 4 is 0 Å². The van der Waals surface area contributed by atoms with E-state index in [0.717, 1.165) is 0 Å². The topological polar surface area (TPSA) is 0 Å². The minimum absolute atomic E-state index is 0. The second kappa shape index (κ2) is 26.5. The van der Waals surface area contributed by atoms with Crippen LogP contribution in [0.3, 0.4) is 0 Å². The maximum atomic E-state index is 3.35. The molecule has 131 valence electrons. The van der Waals surface area contributed by atoms with Gasteiger partial charge in [-0.25, -0.2) is 0 Å². The predicted octanol–water partition coefficient (Wildman–Crippen LogP) is 6.60. The molecule has 0 nitrogen and oxygen atoms in total. The van der Waals surface area contributed by atoms with Crippen LogP contribution in [0.2, 0.25) is 0 Å². The first kappa shape index (κ1) is 49.9. The minimum Gasteiger partial charge on any atom is -0.501 e. The minimum atomic E-state index is 0. The Balaban J connectivity index is -0.0000000285. The molecule has 0 fully saturated rings. The van der Waals surface area contributed by atoms with E-state index in [9.17, 15) is 0 Å². The van der Waals surface area contributed by atoms with Crippen LogP contribution in [-0.2, 0) is 98.1 Å². The molecule has 0 heterocycles. The van der Waals surface area contributed by atoms with Gasteiger partial charge in [-0.05, 0) is 0 Å². The van der Waals surface area contributed by atoms with Crippen molar-refractivity contribution in [2.45, 2.75) is 55.4 Å². The van der Waals surface area contributed by atoms with Gasteiger partial charge in [-0.2, -0.15) is 40.8 Å². The fourth-order valence-corrected chi connectivity index (χ4v) is 1.31. The van der Waals surface area contributed by atoms with Gasteiger partial charge in [-0.15, -0.1) is 0 Å². The molecule has 3 radical (unpaired) electrons. The molecule has 0 aliphatic carbocycles. The van der Waals surface area contributed by atoms with Crippen LogP contribution in [0.15, 0.2) is 5.57 Å². The summed E-state index contributed by atoms with van der Waals surface area (Å²) in [5.74, 6) is 0. The van der Waals surface area contributed by atoms with E-state index in [-0.39, 0.29) is 128 Å². The van der Waals surface area contributed by atoms with Crippen LogP contribution in [0, 0.1) is 76.5 Å². The average molecular weight is 543 g/mol.